The van der Waals surface area contributed by atoms with E-state index in [4.69, 9.17) is 17.3 Å². The van der Waals surface area contributed by atoms with E-state index in [1.165, 1.54) is 37.9 Å². The molecule has 1 fully saturated rings. The molecule has 1 heterocycles. The van der Waals surface area contributed by atoms with Crippen molar-refractivity contribution in [1.82, 2.24) is 4.90 Å². The number of rotatable bonds is 3. The van der Waals surface area contributed by atoms with Gasteiger partial charge in [-0.2, -0.15) is 0 Å². The molecule has 1 aromatic rings. The summed E-state index contributed by atoms with van der Waals surface area (Å²) in [7, 11) is 0. The number of likely N-dealkylation sites (tertiary alicyclic amines) is 1. The maximum atomic E-state index is 5.92. The Labute approximate surface area is 109 Å². The van der Waals surface area contributed by atoms with Gasteiger partial charge in [-0.15, -0.1) is 0 Å². The van der Waals surface area contributed by atoms with E-state index in [2.05, 4.69) is 17.9 Å². The fourth-order valence-corrected chi connectivity index (χ4v) is 2.62. The second-order valence-electron chi connectivity index (χ2n) is 4.98. The molecule has 3 heteroatoms. The molecule has 0 saturated carbocycles. The minimum absolute atomic E-state index is 0.651. The van der Waals surface area contributed by atoms with Crippen molar-refractivity contribution in [1.29, 1.82) is 0 Å². The monoisotopic (exact) mass is 252 g/mol. The molecule has 1 aliphatic rings. The zero-order chi connectivity index (χ0) is 12.3. The molecule has 2 N–H and O–H groups in total. The fourth-order valence-electron chi connectivity index (χ4n) is 2.50. The fraction of sp³-hybridized carbons (Fsp3) is 0.571. The van der Waals surface area contributed by atoms with E-state index in [0.29, 0.717) is 10.7 Å². The molecular weight excluding hydrogens is 232 g/mol. The SMILES string of the molecule is CCC1CCN(Cc2ccc(Cl)c(N)c2)CC1. The Bertz CT molecular complexity index is 370. The van der Waals surface area contributed by atoms with Gasteiger partial charge < -0.3 is 5.73 Å². The number of piperidine rings is 1. The molecule has 0 aromatic heterocycles. The second-order valence-corrected chi connectivity index (χ2v) is 5.39. The van der Waals surface area contributed by atoms with Crippen LogP contribution in [0, 0.1) is 5.92 Å². The average Bonchev–Trinajstić information content (AvgIpc) is 2.35. The molecule has 1 aliphatic heterocycles. The van der Waals surface area contributed by atoms with Crippen LogP contribution in [0.25, 0.3) is 0 Å². The van der Waals surface area contributed by atoms with Gasteiger partial charge in [0, 0.05) is 6.54 Å². The third kappa shape index (κ3) is 3.36. The Hall–Kier alpha value is -0.730. The van der Waals surface area contributed by atoms with Gasteiger partial charge in [0.05, 0.1) is 10.7 Å². The Morgan fingerprint density at radius 1 is 1.35 bits per heavy atom. The molecular formula is C14H21ClN2. The number of hydrogen-bond acceptors (Lipinski definition) is 2. The number of hydrogen-bond donors (Lipinski definition) is 1. The number of benzene rings is 1. The van der Waals surface area contributed by atoms with Crippen molar-refractivity contribution >= 4 is 17.3 Å². The number of nitrogens with two attached hydrogens (primary N) is 1. The Morgan fingerprint density at radius 2 is 2.06 bits per heavy atom. The summed E-state index contributed by atoms with van der Waals surface area (Å²) in [5.74, 6) is 0.932. The summed E-state index contributed by atoms with van der Waals surface area (Å²) in [5, 5.41) is 0.651. The van der Waals surface area contributed by atoms with Gasteiger partial charge in [0.1, 0.15) is 0 Å². The quantitative estimate of drug-likeness (QED) is 0.834. The lowest BCUT2D eigenvalue weighted by atomic mass is 9.94. The predicted octanol–water partition coefficient (Wildman–Crippen LogP) is 3.54. The van der Waals surface area contributed by atoms with Gasteiger partial charge in [0.2, 0.25) is 0 Å². The van der Waals surface area contributed by atoms with E-state index in [0.717, 1.165) is 12.5 Å². The van der Waals surface area contributed by atoms with Crippen LogP contribution in [0.2, 0.25) is 5.02 Å². The molecule has 0 aliphatic carbocycles. The summed E-state index contributed by atoms with van der Waals surface area (Å²) < 4.78 is 0. The maximum absolute atomic E-state index is 5.92. The Kier molecular flexibility index (Phi) is 4.30. The van der Waals surface area contributed by atoms with Crippen LogP contribution in [0.4, 0.5) is 5.69 Å². The molecule has 0 atom stereocenters. The number of nitrogen functional groups attached to an aromatic ring is 1. The van der Waals surface area contributed by atoms with E-state index in [-0.39, 0.29) is 0 Å². The van der Waals surface area contributed by atoms with Gasteiger partial charge in [-0.25, -0.2) is 0 Å². The van der Waals surface area contributed by atoms with E-state index in [1.54, 1.807) is 0 Å². The minimum atomic E-state index is 0.651. The third-order valence-electron chi connectivity index (χ3n) is 3.75. The summed E-state index contributed by atoms with van der Waals surface area (Å²) in [5.41, 5.74) is 7.77. The lowest BCUT2D eigenvalue weighted by Crippen LogP contribution is -2.33. The molecule has 1 saturated heterocycles. The van der Waals surface area contributed by atoms with E-state index >= 15 is 0 Å². The molecule has 0 spiro atoms. The Morgan fingerprint density at radius 3 is 2.65 bits per heavy atom. The van der Waals surface area contributed by atoms with Crippen molar-refractivity contribution in [2.75, 3.05) is 18.8 Å². The maximum Gasteiger partial charge on any atom is 0.0635 e. The van der Waals surface area contributed by atoms with Crippen LogP contribution in [-0.4, -0.2) is 18.0 Å². The molecule has 1 aromatic carbocycles. The smallest absolute Gasteiger partial charge is 0.0635 e. The van der Waals surface area contributed by atoms with Crippen molar-refractivity contribution in [3.8, 4) is 0 Å². The molecule has 0 radical (unpaired) electrons. The standard InChI is InChI=1S/C14H21ClN2/c1-2-11-5-7-17(8-6-11)10-12-3-4-13(15)14(16)9-12/h3-4,9,11H,2,5-8,10,16H2,1H3. The number of anilines is 1. The third-order valence-corrected chi connectivity index (χ3v) is 4.10. The first-order valence-electron chi connectivity index (χ1n) is 6.45. The zero-order valence-corrected chi connectivity index (χ0v) is 11.2. The first kappa shape index (κ1) is 12.7. The van der Waals surface area contributed by atoms with Gasteiger partial charge >= 0.3 is 0 Å². The number of nitrogens with zero attached hydrogens (tertiary/aromatic N) is 1. The largest absolute Gasteiger partial charge is 0.398 e. The normalized spacial score (nSPS) is 18.5. The topological polar surface area (TPSA) is 29.3 Å². The van der Waals surface area contributed by atoms with Gasteiger partial charge in [-0.3, -0.25) is 4.90 Å². The summed E-state index contributed by atoms with van der Waals surface area (Å²) in [4.78, 5) is 2.51. The predicted molar refractivity (Wildman–Crippen MR) is 74.2 cm³/mol. The molecule has 0 amide bonds. The first-order chi connectivity index (χ1) is 8.19. The van der Waals surface area contributed by atoms with E-state index in [1.807, 2.05) is 12.1 Å². The molecule has 0 unspecified atom stereocenters. The lowest BCUT2D eigenvalue weighted by Gasteiger charge is -2.31. The van der Waals surface area contributed by atoms with Crippen molar-refractivity contribution in [2.24, 2.45) is 5.92 Å². The Balaban J connectivity index is 1.91. The highest BCUT2D eigenvalue weighted by Gasteiger charge is 2.17. The van der Waals surface area contributed by atoms with Crippen LogP contribution in [0.3, 0.4) is 0 Å². The van der Waals surface area contributed by atoms with Crippen LogP contribution in [-0.2, 0) is 6.54 Å². The van der Waals surface area contributed by atoms with Gasteiger partial charge in [0.25, 0.3) is 0 Å². The van der Waals surface area contributed by atoms with E-state index in [9.17, 15) is 0 Å². The van der Waals surface area contributed by atoms with Crippen LogP contribution in [0.5, 0.6) is 0 Å². The van der Waals surface area contributed by atoms with Crippen molar-refractivity contribution in [3.05, 3.63) is 28.8 Å². The summed E-state index contributed by atoms with van der Waals surface area (Å²) >= 11 is 5.92. The molecule has 17 heavy (non-hydrogen) atoms. The summed E-state index contributed by atoms with van der Waals surface area (Å²) in [6.07, 6.45) is 3.99. The summed E-state index contributed by atoms with van der Waals surface area (Å²) in [6, 6.07) is 5.96. The highest BCUT2D eigenvalue weighted by atomic mass is 35.5. The van der Waals surface area contributed by atoms with Gasteiger partial charge in [-0.1, -0.05) is 31.0 Å². The zero-order valence-electron chi connectivity index (χ0n) is 10.5. The number of halogens is 1. The van der Waals surface area contributed by atoms with Gasteiger partial charge in [0.15, 0.2) is 0 Å². The lowest BCUT2D eigenvalue weighted by molar-refractivity contribution is 0.175. The molecule has 2 nitrogen and oxygen atoms in total. The molecule has 94 valence electrons. The first-order valence-corrected chi connectivity index (χ1v) is 6.83. The van der Waals surface area contributed by atoms with Crippen molar-refractivity contribution < 1.29 is 0 Å². The minimum Gasteiger partial charge on any atom is -0.398 e. The van der Waals surface area contributed by atoms with Crippen LogP contribution in [0.15, 0.2) is 18.2 Å². The van der Waals surface area contributed by atoms with Crippen molar-refractivity contribution in [3.63, 3.8) is 0 Å². The highest BCUT2D eigenvalue weighted by molar-refractivity contribution is 6.33. The molecule has 0 bridgehead atoms. The van der Waals surface area contributed by atoms with Crippen molar-refractivity contribution in [2.45, 2.75) is 32.7 Å². The van der Waals surface area contributed by atoms with Crippen LogP contribution < -0.4 is 5.73 Å². The summed E-state index contributed by atoms with van der Waals surface area (Å²) in [6.45, 7) is 5.71. The average molecular weight is 253 g/mol. The van der Waals surface area contributed by atoms with Gasteiger partial charge in [-0.05, 0) is 49.5 Å². The molecule has 2 rings (SSSR count). The van der Waals surface area contributed by atoms with Crippen LogP contribution >= 0.6 is 11.6 Å². The van der Waals surface area contributed by atoms with Crippen LogP contribution in [0.1, 0.15) is 31.7 Å². The second kappa shape index (κ2) is 5.74. The van der Waals surface area contributed by atoms with E-state index < -0.39 is 0 Å². The highest BCUT2D eigenvalue weighted by Crippen LogP contribution is 2.23.